The topological polar surface area (TPSA) is 93.1 Å². The number of fused-ring (bicyclic) bond motifs is 7. The number of aliphatic hydroxyl groups is 2. The fraction of sp³-hybridized carbons (Fsp3) is 0.750. The molecule has 4 aliphatic carbocycles. The molecule has 0 spiro atoms. The molecular formula is C24H31FO6. The van der Waals surface area contributed by atoms with Gasteiger partial charge in [-0.25, -0.2) is 4.39 Å². The fourth-order valence-corrected chi connectivity index (χ4v) is 8.05. The summed E-state index contributed by atoms with van der Waals surface area (Å²) in [5.41, 5.74) is -2.50. The van der Waals surface area contributed by atoms with Crippen LogP contribution in [0, 0.1) is 28.6 Å². The lowest BCUT2D eigenvalue weighted by atomic mass is 9.46. The maximum absolute atomic E-state index is 15.4. The van der Waals surface area contributed by atoms with E-state index in [1.54, 1.807) is 19.9 Å². The number of allylic oxidation sites excluding steroid dienone is 4. The van der Waals surface area contributed by atoms with E-state index < -0.39 is 53.0 Å². The van der Waals surface area contributed by atoms with Crippen LogP contribution in [-0.4, -0.2) is 58.2 Å². The first-order valence-electron chi connectivity index (χ1n) is 11.2. The molecule has 6 nitrogen and oxygen atoms in total. The van der Waals surface area contributed by atoms with Gasteiger partial charge in [0.2, 0.25) is 0 Å². The normalized spacial score (nSPS) is 52.1. The second kappa shape index (κ2) is 6.34. The number of rotatable bonds is 2. The number of alkyl halides is 1. The average molecular weight is 435 g/mol. The summed E-state index contributed by atoms with van der Waals surface area (Å²) in [6.07, 6.45) is 2.90. The summed E-state index contributed by atoms with van der Waals surface area (Å²) in [7, 11) is 0. The summed E-state index contributed by atoms with van der Waals surface area (Å²) in [6.45, 7) is 6.65. The van der Waals surface area contributed by atoms with E-state index in [1.165, 1.54) is 12.2 Å². The number of ether oxygens (including phenoxy) is 2. The van der Waals surface area contributed by atoms with Gasteiger partial charge in [-0.05, 0) is 62.7 Å². The molecule has 5 rings (SSSR count). The summed E-state index contributed by atoms with van der Waals surface area (Å²) >= 11 is 0. The summed E-state index contributed by atoms with van der Waals surface area (Å²) in [6, 6.07) is 0. The van der Waals surface area contributed by atoms with Crippen LogP contribution >= 0.6 is 0 Å². The van der Waals surface area contributed by atoms with Gasteiger partial charge < -0.3 is 19.7 Å². The number of carbonyl (C=O) groups excluding carboxylic acids is 2. The molecule has 31 heavy (non-hydrogen) atoms. The Morgan fingerprint density at radius 2 is 1.97 bits per heavy atom. The van der Waals surface area contributed by atoms with E-state index >= 15 is 4.39 Å². The van der Waals surface area contributed by atoms with Crippen molar-refractivity contribution in [2.45, 2.75) is 76.7 Å². The highest BCUT2D eigenvalue weighted by Gasteiger charge is 2.77. The molecule has 1 aliphatic heterocycles. The van der Waals surface area contributed by atoms with Gasteiger partial charge in [0.15, 0.2) is 23.0 Å². The molecule has 1 saturated heterocycles. The van der Waals surface area contributed by atoms with Gasteiger partial charge in [-0.15, -0.1) is 0 Å². The van der Waals surface area contributed by atoms with Crippen LogP contribution in [-0.2, 0) is 19.1 Å². The maximum atomic E-state index is 15.4. The molecule has 1 heterocycles. The third-order valence-electron chi connectivity index (χ3n) is 9.03. The van der Waals surface area contributed by atoms with Crippen LogP contribution < -0.4 is 0 Å². The molecule has 2 N–H and O–H groups in total. The molecule has 9 atom stereocenters. The minimum Gasteiger partial charge on any atom is -0.393 e. The van der Waals surface area contributed by atoms with Gasteiger partial charge in [-0.1, -0.05) is 19.9 Å². The lowest BCUT2D eigenvalue weighted by Gasteiger charge is -2.60. The zero-order valence-corrected chi connectivity index (χ0v) is 18.4. The fourth-order valence-electron chi connectivity index (χ4n) is 8.05. The molecule has 0 aromatic carbocycles. The predicted octanol–water partition coefficient (Wildman–Crippen LogP) is 2.27. The number of hydrogen-bond donors (Lipinski definition) is 2. The smallest absolute Gasteiger partial charge is 0.193 e. The van der Waals surface area contributed by atoms with Crippen LogP contribution in [0.2, 0.25) is 0 Å². The Hall–Kier alpha value is -1.41. The molecule has 0 bridgehead atoms. The van der Waals surface area contributed by atoms with Crippen molar-refractivity contribution in [1.29, 1.82) is 0 Å². The van der Waals surface area contributed by atoms with E-state index in [9.17, 15) is 19.8 Å². The minimum atomic E-state index is -1.37. The van der Waals surface area contributed by atoms with Crippen molar-refractivity contribution in [3.63, 3.8) is 0 Å². The molecule has 3 saturated carbocycles. The third-order valence-corrected chi connectivity index (χ3v) is 9.03. The largest absolute Gasteiger partial charge is 0.393 e. The van der Waals surface area contributed by atoms with Gasteiger partial charge in [0.05, 0.1) is 12.2 Å². The van der Waals surface area contributed by atoms with Gasteiger partial charge in [0.1, 0.15) is 12.8 Å². The monoisotopic (exact) mass is 434 g/mol. The van der Waals surface area contributed by atoms with Gasteiger partial charge in [0.25, 0.3) is 0 Å². The minimum absolute atomic E-state index is 0.125. The van der Waals surface area contributed by atoms with Crippen LogP contribution in [0.3, 0.4) is 0 Å². The highest BCUT2D eigenvalue weighted by atomic mass is 19.1. The molecule has 4 fully saturated rings. The van der Waals surface area contributed by atoms with Crippen molar-refractivity contribution in [2.24, 2.45) is 28.6 Å². The summed E-state index contributed by atoms with van der Waals surface area (Å²) in [5.74, 6) is -2.28. The number of carbonyl (C=O) groups is 2. The van der Waals surface area contributed by atoms with Crippen LogP contribution in [0.15, 0.2) is 23.8 Å². The molecule has 170 valence electrons. The van der Waals surface area contributed by atoms with E-state index in [2.05, 4.69) is 0 Å². The zero-order chi connectivity index (χ0) is 22.6. The van der Waals surface area contributed by atoms with Crippen LogP contribution in [0.25, 0.3) is 0 Å². The summed E-state index contributed by atoms with van der Waals surface area (Å²) in [4.78, 5) is 25.1. The van der Waals surface area contributed by atoms with Crippen LogP contribution in [0.5, 0.6) is 0 Å². The molecule has 5 unspecified atom stereocenters. The number of halogens is 1. The van der Waals surface area contributed by atoms with Crippen molar-refractivity contribution in [1.82, 2.24) is 0 Å². The second-order valence-electron chi connectivity index (χ2n) is 11.0. The first-order chi connectivity index (χ1) is 14.4. The van der Waals surface area contributed by atoms with E-state index in [1.807, 2.05) is 13.8 Å². The SMILES string of the molecule is CC1(C)OC2CC3[C@@H]4C[C@H](F)C5=CC(=O)C=C[C@]5(C)[C@H]4C(O)CC3(C)C2(C(=O)CO)O1. The van der Waals surface area contributed by atoms with E-state index in [-0.39, 0.29) is 36.4 Å². The lowest BCUT2D eigenvalue weighted by Crippen LogP contribution is -2.64. The van der Waals surface area contributed by atoms with Crippen LogP contribution in [0.4, 0.5) is 4.39 Å². The first-order valence-corrected chi connectivity index (χ1v) is 11.2. The molecule has 5 aliphatic rings. The highest BCUT2D eigenvalue weighted by Crippen LogP contribution is 2.70. The maximum Gasteiger partial charge on any atom is 0.193 e. The Balaban J connectivity index is 1.62. The molecule has 7 heteroatoms. The average Bonchev–Trinajstić information content (AvgIpc) is 3.08. The van der Waals surface area contributed by atoms with Crippen molar-refractivity contribution in [3.8, 4) is 0 Å². The third kappa shape index (κ3) is 2.52. The standard InChI is InChI=1S/C24H31FO6/c1-21(2)30-19-9-14-13-8-16(25)15-7-12(27)5-6-22(15,3)20(13)17(28)10-23(14,4)24(19,31-21)18(29)11-26/h5-7,13-14,16-17,19-20,26,28H,8-11H2,1-4H3/t13-,14?,16-,17?,19?,20+,22-,23?,24?/m0/s1. The molecule has 0 aromatic heterocycles. The van der Waals surface area contributed by atoms with Crippen molar-refractivity contribution in [2.75, 3.05) is 6.61 Å². The predicted molar refractivity (Wildman–Crippen MR) is 109 cm³/mol. The van der Waals surface area contributed by atoms with E-state index in [0.717, 1.165) is 0 Å². The van der Waals surface area contributed by atoms with Crippen LogP contribution in [0.1, 0.15) is 47.0 Å². The second-order valence-corrected chi connectivity index (χ2v) is 11.0. The Bertz CT molecular complexity index is 910. The molecule has 0 amide bonds. The van der Waals surface area contributed by atoms with E-state index in [4.69, 9.17) is 9.47 Å². The molecule has 0 aromatic rings. The molecular weight excluding hydrogens is 403 g/mol. The Labute approximate surface area is 181 Å². The summed E-state index contributed by atoms with van der Waals surface area (Å²) in [5, 5.41) is 21.3. The zero-order valence-electron chi connectivity index (χ0n) is 18.4. The van der Waals surface area contributed by atoms with Gasteiger partial charge in [-0.3, -0.25) is 9.59 Å². The van der Waals surface area contributed by atoms with E-state index in [0.29, 0.717) is 12.0 Å². The highest BCUT2D eigenvalue weighted by molar-refractivity contribution is 6.01. The van der Waals surface area contributed by atoms with Gasteiger partial charge >= 0.3 is 0 Å². The lowest BCUT2D eigenvalue weighted by molar-refractivity contribution is -0.226. The van der Waals surface area contributed by atoms with Gasteiger partial charge in [0, 0.05) is 16.7 Å². The Kier molecular flexibility index (Phi) is 4.38. The number of Topliss-reactive ketones (excluding diaryl/α,β-unsaturated/α-hetero) is 1. The quantitative estimate of drug-likeness (QED) is 0.693. The van der Waals surface area contributed by atoms with Crippen molar-refractivity contribution in [3.05, 3.63) is 23.8 Å². The number of ketones is 2. The summed E-state index contributed by atoms with van der Waals surface area (Å²) < 4.78 is 27.9. The Morgan fingerprint density at radius 1 is 1.26 bits per heavy atom. The molecule has 0 radical (unpaired) electrons. The van der Waals surface area contributed by atoms with Gasteiger partial charge in [-0.2, -0.15) is 0 Å². The number of hydrogen-bond acceptors (Lipinski definition) is 6. The first kappa shape index (κ1) is 21.4. The van der Waals surface area contributed by atoms with Crippen molar-refractivity contribution >= 4 is 11.6 Å². The van der Waals surface area contributed by atoms with Crippen molar-refractivity contribution < 1.29 is 33.7 Å². The number of aliphatic hydroxyl groups excluding tert-OH is 2. The Morgan fingerprint density at radius 3 is 2.65 bits per heavy atom.